The van der Waals surface area contributed by atoms with Crippen molar-refractivity contribution in [1.82, 2.24) is 9.80 Å². The quantitative estimate of drug-likeness (QED) is 0.351. The topological polar surface area (TPSA) is 87.1 Å². The number of aliphatic hydroxyl groups is 1. The summed E-state index contributed by atoms with van der Waals surface area (Å²) in [5.41, 5.74) is 0. The van der Waals surface area contributed by atoms with E-state index in [4.69, 9.17) is 4.74 Å². The van der Waals surface area contributed by atoms with Gasteiger partial charge in [0.15, 0.2) is 0 Å². The lowest BCUT2D eigenvalue weighted by Crippen LogP contribution is -2.55. The van der Waals surface area contributed by atoms with Gasteiger partial charge in [0.05, 0.1) is 16.6 Å². The standard InChI is InChI=1S/C26H36N2O5S/c1-25-12-9-17-33-24(32)20(25)19-22(30)28(14-6-3-7-16-29)21-23(31)27(18-10-4-2-5-11-18)15-8-13-26(19,21)34-25/h8-9,12-13,18-21,29H,2-7,10-11,14-17H2,1H3/t19-,20+,21?,25-,26-/m0/s1. The maximum absolute atomic E-state index is 14.3. The minimum Gasteiger partial charge on any atom is -0.461 e. The van der Waals surface area contributed by atoms with Gasteiger partial charge in [-0.2, -0.15) is 0 Å². The molecule has 2 saturated heterocycles. The van der Waals surface area contributed by atoms with Crippen LogP contribution in [0.4, 0.5) is 0 Å². The van der Waals surface area contributed by atoms with Crippen LogP contribution in [-0.4, -0.2) is 80.6 Å². The highest BCUT2D eigenvalue weighted by atomic mass is 32.2. The van der Waals surface area contributed by atoms with Crippen LogP contribution in [0.5, 0.6) is 0 Å². The number of unbranched alkanes of at least 4 members (excludes halogenated alkanes) is 2. The molecule has 186 valence electrons. The normalized spacial score (nSPS) is 37.8. The Kier molecular flexibility index (Phi) is 6.57. The summed E-state index contributed by atoms with van der Waals surface area (Å²) in [5, 5.41) is 9.19. The van der Waals surface area contributed by atoms with Crippen LogP contribution in [0.1, 0.15) is 58.3 Å². The number of hydrogen-bond acceptors (Lipinski definition) is 6. The first kappa shape index (κ1) is 23.9. The molecule has 1 saturated carbocycles. The fraction of sp³-hybridized carbons (Fsp3) is 0.731. The van der Waals surface area contributed by atoms with E-state index >= 15 is 0 Å². The SMILES string of the molecule is C[C@]12C=CCOC(=O)[C@H]1[C@H]1C(=O)N(CCCCCO)C3C(=O)N(C4CCCCC4)CC=C[C@@]31S2. The predicted molar refractivity (Wildman–Crippen MR) is 130 cm³/mol. The van der Waals surface area contributed by atoms with Crippen molar-refractivity contribution in [2.75, 3.05) is 26.3 Å². The molecular formula is C26H36N2O5S. The number of likely N-dealkylation sites (tertiary alicyclic amines) is 1. The predicted octanol–water partition coefficient (Wildman–Crippen LogP) is 2.68. The largest absolute Gasteiger partial charge is 0.461 e. The summed E-state index contributed by atoms with van der Waals surface area (Å²) in [6.07, 6.45) is 15.7. The van der Waals surface area contributed by atoms with Crippen molar-refractivity contribution in [3.63, 3.8) is 0 Å². The Hall–Kier alpha value is -1.80. The fourth-order valence-corrected chi connectivity index (χ4v) is 9.06. The summed E-state index contributed by atoms with van der Waals surface area (Å²) in [6.45, 7) is 3.38. The van der Waals surface area contributed by atoms with Crippen LogP contribution in [0.15, 0.2) is 24.3 Å². The number of hydrogen-bond donors (Lipinski definition) is 1. The molecule has 0 radical (unpaired) electrons. The minimum atomic E-state index is -0.783. The Morgan fingerprint density at radius 1 is 1.03 bits per heavy atom. The first-order valence-corrected chi connectivity index (χ1v) is 13.7. The van der Waals surface area contributed by atoms with Crippen LogP contribution in [0.2, 0.25) is 0 Å². The number of thioether (sulfide) groups is 1. The third-order valence-corrected chi connectivity index (χ3v) is 10.2. The highest BCUT2D eigenvalue weighted by molar-refractivity contribution is 8.02. The van der Waals surface area contributed by atoms with Crippen molar-refractivity contribution < 1.29 is 24.2 Å². The van der Waals surface area contributed by atoms with Gasteiger partial charge in [0, 0.05) is 30.5 Å². The van der Waals surface area contributed by atoms with Crippen molar-refractivity contribution in [2.45, 2.75) is 79.9 Å². The number of carbonyl (C=O) groups excluding carboxylic acids is 3. The van der Waals surface area contributed by atoms with E-state index in [0.29, 0.717) is 19.5 Å². The molecule has 7 nitrogen and oxygen atoms in total. The number of rotatable bonds is 6. The van der Waals surface area contributed by atoms with Gasteiger partial charge in [-0.1, -0.05) is 37.5 Å². The smallest absolute Gasteiger partial charge is 0.311 e. The summed E-state index contributed by atoms with van der Waals surface area (Å²) in [7, 11) is 0. The number of nitrogens with zero attached hydrogens (tertiary/aromatic N) is 2. The van der Waals surface area contributed by atoms with Crippen LogP contribution >= 0.6 is 11.8 Å². The molecule has 5 aliphatic rings. The van der Waals surface area contributed by atoms with Crippen LogP contribution in [0.25, 0.3) is 0 Å². The van der Waals surface area contributed by atoms with E-state index in [2.05, 4.69) is 12.2 Å². The van der Waals surface area contributed by atoms with Gasteiger partial charge in [0.2, 0.25) is 11.8 Å². The summed E-state index contributed by atoms with van der Waals surface area (Å²) >= 11 is 1.61. The number of aliphatic hydroxyl groups excluding tert-OH is 1. The molecule has 1 spiro atoms. The lowest BCUT2D eigenvalue weighted by molar-refractivity contribution is -0.152. The zero-order valence-electron chi connectivity index (χ0n) is 20.0. The summed E-state index contributed by atoms with van der Waals surface area (Å²) in [4.78, 5) is 45.2. The lowest BCUT2D eigenvalue weighted by Gasteiger charge is -2.40. The van der Waals surface area contributed by atoms with Gasteiger partial charge in [-0.3, -0.25) is 14.4 Å². The number of esters is 1. The van der Waals surface area contributed by atoms with E-state index in [1.54, 1.807) is 16.7 Å². The van der Waals surface area contributed by atoms with E-state index in [-0.39, 0.29) is 37.0 Å². The van der Waals surface area contributed by atoms with E-state index < -0.39 is 27.4 Å². The van der Waals surface area contributed by atoms with Crippen molar-refractivity contribution in [2.24, 2.45) is 11.8 Å². The van der Waals surface area contributed by atoms with Crippen molar-refractivity contribution >= 4 is 29.5 Å². The van der Waals surface area contributed by atoms with Gasteiger partial charge in [0.1, 0.15) is 12.6 Å². The maximum Gasteiger partial charge on any atom is 0.311 e. The zero-order valence-corrected chi connectivity index (χ0v) is 20.8. The second kappa shape index (κ2) is 9.34. The molecule has 1 N–H and O–H groups in total. The third kappa shape index (κ3) is 3.72. The molecule has 4 heterocycles. The monoisotopic (exact) mass is 488 g/mol. The van der Waals surface area contributed by atoms with Crippen LogP contribution < -0.4 is 0 Å². The van der Waals surface area contributed by atoms with Crippen LogP contribution in [0, 0.1) is 11.8 Å². The Morgan fingerprint density at radius 3 is 2.59 bits per heavy atom. The summed E-state index contributed by atoms with van der Waals surface area (Å²) < 4.78 is 4.10. The van der Waals surface area contributed by atoms with Gasteiger partial charge in [0.25, 0.3) is 0 Å². The second-order valence-corrected chi connectivity index (χ2v) is 12.3. The summed E-state index contributed by atoms with van der Waals surface area (Å²) in [5.74, 6) is -1.66. The summed E-state index contributed by atoms with van der Waals surface area (Å²) in [6, 6.07) is -0.404. The van der Waals surface area contributed by atoms with Gasteiger partial charge < -0.3 is 19.6 Å². The first-order valence-electron chi connectivity index (χ1n) is 12.9. The van der Waals surface area contributed by atoms with E-state index in [1.165, 1.54) is 6.42 Å². The molecule has 8 heteroatoms. The molecule has 5 atom stereocenters. The maximum atomic E-state index is 14.3. The van der Waals surface area contributed by atoms with E-state index in [0.717, 1.165) is 38.5 Å². The Bertz CT molecular complexity index is 900. The van der Waals surface area contributed by atoms with Gasteiger partial charge in [-0.05, 0) is 45.1 Å². The van der Waals surface area contributed by atoms with Gasteiger partial charge in [-0.15, -0.1) is 11.8 Å². The van der Waals surface area contributed by atoms with E-state index in [1.807, 2.05) is 24.0 Å². The van der Waals surface area contributed by atoms with Crippen molar-refractivity contribution in [3.05, 3.63) is 24.3 Å². The van der Waals surface area contributed by atoms with E-state index in [9.17, 15) is 19.5 Å². The zero-order chi connectivity index (χ0) is 23.9. The number of amides is 2. The molecule has 3 fully saturated rings. The Balaban J connectivity index is 1.55. The molecule has 0 aromatic heterocycles. The molecule has 4 aliphatic heterocycles. The van der Waals surface area contributed by atoms with Crippen LogP contribution in [-0.2, 0) is 19.1 Å². The van der Waals surface area contributed by atoms with Crippen molar-refractivity contribution in [1.29, 1.82) is 0 Å². The minimum absolute atomic E-state index is 0.0276. The lowest BCUT2D eigenvalue weighted by atomic mass is 9.75. The highest BCUT2D eigenvalue weighted by Crippen LogP contribution is 2.65. The molecule has 0 aromatic carbocycles. The fourth-order valence-electron chi connectivity index (χ4n) is 6.90. The number of carbonyl (C=O) groups is 3. The first-order chi connectivity index (χ1) is 16.4. The number of ether oxygens (including phenoxy) is 1. The number of fused-ring (bicyclic) bond motifs is 2. The van der Waals surface area contributed by atoms with Crippen LogP contribution in [0.3, 0.4) is 0 Å². The molecule has 1 unspecified atom stereocenters. The van der Waals surface area contributed by atoms with Gasteiger partial charge >= 0.3 is 5.97 Å². The number of cyclic esters (lactones) is 1. The average Bonchev–Trinajstić information content (AvgIpc) is 3.08. The molecule has 1 aliphatic carbocycles. The molecule has 2 amide bonds. The molecule has 5 rings (SSSR count). The second-order valence-electron chi connectivity index (χ2n) is 10.5. The molecular weight excluding hydrogens is 452 g/mol. The Labute approximate surface area is 205 Å². The highest BCUT2D eigenvalue weighted by Gasteiger charge is 2.74. The van der Waals surface area contributed by atoms with Crippen molar-refractivity contribution in [3.8, 4) is 0 Å². The molecule has 34 heavy (non-hydrogen) atoms. The average molecular weight is 489 g/mol. The Morgan fingerprint density at radius 2 is 1.82 bits per heavy atom. The van der Waals surface area contributed by atoms with Gasteiger partial charge in [-0.25, -0.2) is 0 Å². The molecule has 0 bridgehead atoms. The molecule has 0 aromatic rings. The third-order valence-electron chi connectivity index (χ3n) is 8.42.